The summed E-state index contributed by atoms with van der Waals surface area (Å²) < 4.78 is 45.2. The molecule has 0 bridgehead atoms. The molecule has 1 saturated heterocycles. The Morgan fingerprint density at radius 2 is 1.89 bits per heavy atom. The van der Waals surface area contributed by atoms with Gasteiger partial charge in [0.15, 0.2) is 5.96 Å². The molecule has 1 aromatic rings. The lowest BCUT2D eigenvalue weighted by Crippen LogP contribution is -2.50. The Morgan fingerprint density at radius 3 is 2.54 bits per heavy atom. The van der Waals surface area contributed by atoms with Crippen molar-refractivity contribution in [1.82, 2.24) is 10.6 Å². The number of hydrogen-bond donors (Lipinski definition) is 2. The third kappa shape index (κ3) is 5.19. The number of nitrogens with zero attached hydrogens (tertiary/aromatic N) is 1. The molecule has 1 aliphatic carbocycles. The first-order valence-corrected chi connectivity index (χ1v) is 10.2. The zero-order valence-electron chi connectivity index (χ0n) is 16.4. The molecule has 4 nitrogen and oxygen atoms in total. The van der Waals surface area contributed by atoms with E-state index in [1.165, 1.54) is 31.4 Å². The van der Waals surface area contributed by atoms with Gasteiger partial charge in [0, 0.05) is 38.3 Å². The molecule has 28 heavy (non-hydrogen) atoms. The van der Waals surface area contributed by atoms with E-state index in [9.17, 15) is 13.2 Å². The molecule has 0 aromatic heterocycles. The first-order chi connectivity index (χ1) is 13.4. The summed E-state index contributed by atoms with van der Waals surface area (Å²) in [6.45, 7) is 1.63. The number of guanidine groups is 1. The largest absolute Gasteiger partial charge is 0.416 e. The second-order valence-corrected chi connectivity index (χ2v) is 7.88. The number of benzene rings is 1. The van der Waals surface area contributed by atoms with Gasteiger partial charge in [-0.1, -0.05) is 37.5 Å². The van der Waals surface area contributed by atoms with E-state index in [1.54, 1.807) is 13.1 Å². The predicted molar refractivity (Wildman–Crippen MR) is 105 cm³/mol. The summed E-state index contributed by atoms with van der Waals surface area (Å²) in [5, 5.41) is 6.86. The van der Waals surface area contributed by atoms with E-state index in [4.69, 9.17) is 4.74 Å². The molecule has 1 aliphatic heterocycles. The number of nitrogens with one attached hydrogen (secondary N) is 2. The molecule has 2 N–H and O–H groups in total. The zero-order valence-corrected chi connectivity index (χ0v) is 16.4. The van der Waals surface area contributed by atoms with Crippen molar-refractivity contribution in [2.75, 3.05) is 26.8 Å². The van der Waals surface area contributed by atoms with Crippen LogP contribution in [-0.2, 0) is 16.3 Å². The van der Waals surface area contributed by atoms with Crippen molar-refractivity contribution >= 4 is 5.96 Å². The monoisotopic (exact) mass is 397 g/mol. The molecule has 1 aromatic carbocycles. The fraction of sp³-hybridized carbons (Fsp3) is 0.667. The Bertz CT molecular complexity index is 663. The van der Waals surface area contributed by atoms with Gasteiger partial charge in [-0.3, -0.25) is 4.99 Å². The smallest absolute Gasteiger partial charge is 0.381 e. The van der Waals surface area contributed by atoms with Gasteiger partial charge in [-0.05, 0) is 37.3 Å². The van der Waals surface area contributed by atoms with Gasteiger partial charge >= 0.3 is 6.18 Å². The minimum atomic E-state index is -4.34. The van der Waals surface area contributed by atoms with Crippen molar-refractivity contribution in [3.8, 4) is 0 Å². The quantitative estimate of drug-likeness (QED) is 0.590. The molecule has 0 radical (unpaired) electrons. The minimum absolute atomic E-state index is 0.399. The molecule has 156 valence electrons. The van der Waals surface area contributed by atoms with Crippen LogP contribution in [0.25, 0.3) is 0 Å². The van der Waals surface area contributed by atoms with Crippen molar-refractivity contribution in [1.29, 1.82) is 0 Å². The average Bonchev–Trinajstić information content (AvgIpc) is 2.72. The summed E-state index contributed by atoms with van der Waals surface area (Å²) in [5.74, 6) is 0.727. The molecule has 3 rings (SSSR count). The molecule has 0 spiro atoms. The van der Waals surface area contributed by atoms with Gasteiger partial charge in [0.25, 0.3) is 0 Å². The second kappa shape index (κ2) is 9.16. The van der Waals surface area contributed by atoms with Crippen molar-refractivity contribution in [2.45, 2.75) is 62.6 Å². The van der Waals surface area contributed by atoms with Crippen LogP contribution in [0.1, 0.15) is 56.1 Å². The van der Waals surface area contributed by atoms with Gasteiger partial charge in [0.2, 0.25) is 0 Å². The maximum atomic E-state index is 13.2. The van der Waals surface area contributed by atoms with Crippen LogP contribution in [0.2, 0.25) is 0 Å². The summed E-state index contributed by atoms with van der Waals surface area (Å²) >= 11 is 0. The third-order valence-electron chi connectivity index (χ3n) is 6.02. The van der Waals surface area contributed by atoms with Gasteiger partial charge in [0.05, 0.1) is 5.56 Å². The molecule has 0 unspecified atom stereocenters. The molecule has 1 heterocycles. The van der Waals surface area contributed by atoms with Crippen molar-refractivity contribution < 1.29 is 17.9 Å². The van der Waals surface area contributed by atoms with E-state index in [0.29, 0.717) is 44.2 Å². The molecule has 0 atom stereocenters. The Hall–Kier alpha value is -1.76. The lowest BCUT2D eigenvalue weighted by Gasteiger charge is -2.39. The van der Waals surface area contributed by atoms with Crippen molar-refractivity contribution in [2.24, 2.45) is 4.99 Å². The van der Waals surface area contributed by atoms with Crippen LogP contribution < -0.4 is 10.6 Å². The predicted octanol–water partition coefficient (Wildman–Crippen LogP) is 4.25. The normalized spacial score (nSPS) is 21.4. The van der Waals surface area contributed by atoms with Crippen LogP contribution in [0, 0.1) is 0 Å². The molecule has 0 amide bonds. The van der Waals surface area contributed by atoms with Gasteiger partial charge in [-0.15, -0.1) is 0 Å². The van der Waals surface area contributed by atoms with Gasteiger partial charge in [-0.2, -0.15) is 13.2 Å². The molecular weight excluding hydrogens is 367 g/mol. The van der Waals surface area contributed by atoms with E-state index >= 15 is 0 Å². The first kappa shape index (κ1) is 21.0. The van der Waals surface area contributed by atoms with E-state index in [2.05, 4.69) is 15.6 Å². The topological polar surface area (TPSA) is 45.7 Å². The summed E-state index contributed by atoms with van der Waals surface area (Å²) in [5.41, 5.74) is -0.282. The maximum Gasteiger partial charge on any atom is 0.416 e. The van der Waals surface area contributed by atoms with Crippen LogP contribution in [0.3, 0.4) is 0 Å². The van der Waals surface area contributed by atoms with E-state index < -0.39 is 17.2 Å². The van der Waals surface area contributed by atoms with Crippen molar-refractivity contribution in [3.63, 3.8) is 0 Å². The standard InChI is InChI=1S/C21H30F3N3O/c1-25-19(27-18-8-3-2-4-9-18)26-15-20(10-12-28-13-11-20)16-6-5-7-17(14-16)21(22,23)24/h5-7,14,18H,2-4,8-13,15H2,1H3,(H2,25,26,27). The fourth-order valence-electron chi connectivity index (χ4n) is 4.24. The number of ether oxygens (including phenoxy) is 1. The fourth-order valence-corrected chi connectivity index (χ4v) is 4.24. The molecular formula is C21H30F3N3O. The number of aliphatic imine (C=N–C) groups is 1. The summed E-state index contributed by atoms with van der Waals surface area (Å²) in [6, 6.07) is 6.15. The third-order valence-corrected chi connectivity index (χ3v) is 6.02. The highest BCUT2D eigenvalue weighted by atomic mass is 19.4. The number of rotatable bonds is 4. The Labute approximate surface area is 164 Å². The highest BCUT2D eigenvalue weighted by molar-refractivity contribution is 5.80. The highest BCUT2D eigenvalue weighted by Gasteiger charge is 2.37. The van der Waals surface area contributed by atoms with Gasteiger partial charge in [-0.25, -0.2) is 0 Å². The van der Waals surface area contributed by atoms with Crippen LogP contribution in [-0.4, -0.2) is 38.8 Å². The Balaban J connectivity index is 1.74. The average molecular weight is 397 g/mol. The number of halogens is 3. The highest BCUT2D eigenvalue weighted by Crippen LogP contribution is 2.37. The van der Waals surface area contributed by atoms with E-state index in [-0.39, 0.29) is 0 Å². The lowest BCUT2D eigenvalue weighted by molar-refractivity contribution is -0.137. The van der Waals surface area contributed by atoms with Gasteiger partial charge in [0.1, 0.15) is 0 Å². The lowest BCUT2D eigenvalue weighted by atomic mass is 9.73. The van der Waals surface area contributed by atoms with Crippen LogP contribution >= 0.6 is 0 Å². The number of hydrogen-bond acceptors (Lipinski definition) is 2. The van der Waals surface area contributed by atoms with Crippen LogP contribution in [0.4, 0.5) is 13.2 Å². The molecule has 2 fully saturated rings. The molecule has 1 saturated carbocycles. The van der Waals surface area contributed by atoms with E-state index in [1.807, 2.05) is 0 Å². The maximum absolute atomic E-state index is 13.2. The second-order valence-electron chi connectivity index (χ2n) is 7.88. The van der Waals surface area contributed by atoms with Gasteiger partial charge < -0.3 is 15.4 Å². The Kier molecular flexibility index (Phi) is 6.86. The van der Waals surface area contributed by atoms with E-state index in [0.717, 1.165) is 24.9 Å². The molecule has 7 heteroatoms. The summed E-state index contributed by atoms with van der Waals surface area (Å²) in [4.78, 5) is 4.33. The van der Waals surface area contributed by atoms with Crippen LogP contribution in [0.5, 0.6) is 0 Å². The molecule has 2 aliphatic rings. The minimum Gasteiger partial charge on any atom is -0.381 e. The number of alkyl halides is 3. The first-order valence-electron chi connectivity index (χ1n) is 10.2. The Morgan fingerprint density at radius 1 is 1.18 bits per heavy atom. The van der Waals surface area contributed by atoms with Crippen LogP contribution in [0.15, 0.2) is 29.3 Å². The summed E-state index contributed by atoms with van der Waals surface area (Å²) in [7, 11) is 1.74. The SMILES string of the molecule is CN=C(NCC1(c2cccc(C(F)(F)F)c2)CCOCC1)NC1CCCCC1. The zero-order chi connectivity index (χ0) is 20.0. The van der Waals surface area contributed by atoms with Crippen molar-refractivity contribution in [3.05, 3.63) is 35.4 Å². The summed E-state index contributed by atoms with van der Waals surface area (Å²) in [6.07, 6.45) is 3.02.